The van der Waals surface area contributed by atoms with Gasteiger partial charge in [-0.1, -0.05) is 5.92 Å². The highest BCUT2D eigenvalue weighted by Gasteiger charge is 2.07. The van der Waals surface area contributed by atoms with Gasteiger partial charge in [0.25, 0.3) is 0 Å². The predicted octanol–water partition coefficient (Wildman–Crippen LogP) is 2.04. The Labute approximate surface area is 103 Å². The van der Waals surface area contributed by atoms with Crippen molar-refractivity contribution in [2.75, 3.05) is 5.32 Å². The van der Waals surface area contributed by atoms with Crippen molar-refractivity contribution in [2.45, 2.75) is 0 Å². The minimum absolute atomic E-state index is 0.0869. The molecule has 0 unspecified atom stereocenters. The Morgan fingerprint density at radius 3 is 2.28 bits per heavy atom. The van der Waals surface area contributed by atoms with Gasteiger partial charge in [0, 0.05) is 5.69 Å². The quantitative estimate of drug-likeness (QED) is 0.629. The molecule has 0 bridgehead atoms. The third kappa shape index (κ3) is 2.64. The van der Waals surface area contributed by atoms with Crippen molar-refractivity contribution in [3.05, 3.63) is 40.8 Å². The van der Waals surface area contributed by atoms with Crippen LogP contribution in [-0.2, 0) is 0 Å². The first-order valence-corrected chi connectivity index (χ1v) is 4.64. The van der Waals surface area contributed by atoms with Crippen LogP contribution in [-0.4, -0.2) is 0 Å². The van der Waals surface area contributed by atoms with Crippen molar-refractivity contribution < 1.29 is 4.39 Å². The molecule has 1 rings (SSSR count). The predicted molar refractivity (Wildman–Crippen MR) is 61.8 cm³/mol. The third-order valence-electron chi connectivity index (χ3n) is 1.98. The van der Waals surface area contributed by atoms with Crippen LogP contribution in [0.2, 0.25) is 0 Å². The molecule has 1 aromatic rings. The van der Waals surface area contributed by atoms with Crippen LogP contribution in [0.15, 0.2) is 29.5 Å². The minimum Gasteiger partial charge on any atom is -0.345 e. The number of rotatable bonds is 2. The summed E-state index contributed by atoms with van der Waals surface area (Å²) < 4.78 is 13.4. The van der Waals surface area contributed by atoms with Crippen molar-refractivity contribution in [3.63, 3.8) is 0 Å². The molecule has 0 saturated carbocycles. The number of halogens is 1. The highest BCUT2D eigenvalue weighted by Crippen LogP contribution is 2.16. The van der Waals surface area contributed by atoms with E-state index in [0.717, 1.165) is 6.07 Å². The zero-order valence-electron chi connectivity index (χ0n) is 9.03. The second-order valence-electron chi connectivity index (χ2n) is 3.05. The number of hydrogen-bond acceptors (Lipinski definition) is 4. The van der Waals surface area contributed by atoms with E-state index in [1.165, 1.54) is 12.1 Å². The molecule has 0 radical (unpaired) electrons. The Hall–Kier alpha value is -3.28. The van der Waals surface area contributed by atoms with Gasteiger partial charge in [-0.15, -0.1) is 6.42 Å². The maximum absolute atomic E-state index is 13.4. The van der Waals surface area contributed by atoms with E-state index >= 15 is 0 Å². The first kappa shape index (κ1) is 12.8. The molecular weight excluding hydrogens is 231 g/mol. The van der Waals surface area contributed by atoms with Gasteiger partial charge in [-0.25, -0.2) is 4.39 Å². The fourth-order valence-electron chi connectivity index (χ4n) is 1.14. The lowest BCUT2D eigenvalue weighted by molar-refractivity contribution is 0.625. The maximum Gasteiger partial charge on any atom is 0.163 e. The Balaban J connectivity index is 3.15. The van der Waals surface area contributed by atoms with E-state index in [1.807, 2.05) is 0 Å². The van der Waals surface area contributed by atoms with Crippen LogP contribution >= 0.6 is 0 Å². The molecule has 1 aromatic carbocycles. The Kier molecular flexibility index (Phi) is 4.06. The summed E-state index contributed by atoms with van der Waals surface area (Å²) >= 11 is 0. The van der Waals surface area contributed by atoms with E-state index in [1.54, 1.807) is 18.2 Å². The van der Waals surface area contributed by atoms with Gasteiger partial charge in [0.1, 0.15) is 29.7 Å². The van der Waals surface area contributed by atoms with Crippen molar-refractivity contribution in [3.8, 4) is 30.6 Å². The fraction of sp³-hybridized carbons (Fsp3) is 0. The summed E-state index contributed by atoms with van der Waals surface area (Å²) in [5.41, 5.74) is -0.304. The minimum atomic E-state index is -0.629. The normalized spacial score (nSPS) is 8.06. The number of nitrogens with one attached hydrogen (secondary N) is 1. The Morgan fingerprint density at radius 2 is 1.83 bits per heavy atom. The summed E-state index contributed by atoms with van der Waals surface area (Å²) in [6, 6.07) is 8.68. The number of allylic oxidation sites excluding steroid dienone is 2. The van der Waals surface area contributed by atoms with E-state index in [9.17, 15) is 4.39 Å². The second-order valence-corrected chi connectivity index (χ2v) is 3.05. The number of nitrogens with zero attached hydrogens (tertiary/aromatic N) is 3. The molecule has 18 heavy (non-hydrogen) atoms. The van der Waals surface area contributed by atoms with Crippen molar-refractivity contribution in [2.24, 2.45) is 0 Å². The number of hydrogen-bond donors (Lipinski definition) is 1. The molecule has 4 nitrogen and oxygen atoms in total. The average molecular weight is 236 g/mol. The molecule has 5 heteroatoms. The van der Waals surface area contributed by atoms with Gasteiger partial charge in [-0.2, -0.15) is 15.8 Å². The monoisotopic (exact) mass is 236 g/mol. The summed E-state index contributed by atoms with van der Waals surface area (Å²) in [4.78, 5) is 0. The van der Waals surface area contributed by atoms with Gasteiger partial charge in [-0.05, 0) is 18.2 Å². The van der Waals surface area contributed by atoms with Gasteiger partial charge in [0.2, 0.25) is 0 Å². The van der Waals surface area contributed by atoms with Crippen molar-refractivity contribution in [1.82, 2.24) is 0 Å². The van der Waals surface area contributed by atoms with E-state index in [2.05, 4.69) is 11.2 Å². The van der Waals surface area contributed by atoms with Crippen LogP contribution in [0.3, 0.4) is 0 Å². The fourth-order valence-corrected chi connectivity index (χ4v) is 1.14. The van der Waals surface area contributed by atoms with E-state index in [-0.39, 0.29) is 22.5 Å². The van der Waals surface area contributed by atoms with E-state index in [4.69, 9.17) is 22.2 Å². The summed E-state index contributed by atoms with van der Waals surface area (Å²) in [5.74, 6) is 1.52. The average Bonchev–Trinajstić information content (AvgIpc) is 2.39. The third-order valence-corrected chi connectivity index (χ3v) is 1.98. The van der Waals surface area contributed by atoms with Crippen LogP contribution in [0.4, 0.5) is 10.1 Å². The lowest BCUT2D eigenvalue weighted by Gasteiger charge is -2.05. The van der Waals surface area contributed by atoms with Crippen LogP contribution in [0.5, 0.6) is 0 Å². The van der Waals surface area contributed by atoms with Crippen molar-refractivity contribution >= 4 is 5.69 Å². The molecule has 0 atom stereocenters. The van der Waals surface area contributed by atoms with Gasteiger partial charge >= 0.3 is 0 Å². The Bertz CT molecular complexity index is 659. The van der Waals surface area contributed by atoms with Gasteiger partial charge in [-0.3, -0.25) is 0 Å². The number of terminal acetylenes is 1. The van der Waals surface area contributed by atoms with Crippen LogP contribution in [0.25, 0.3) is 0 Å². The number of nitriles is 3. The molecule has 0 saturated heterocycles. The van der Waals surface area contributed by atoms with Gasteiger partial charge in [0.05, 0.1) is 5.56 Å². The van der Waals surface area contributed by atoms with Crippen LogP contribution in [0.1, 0.15) is 5.56 Å². The highest BCUT2D eigenvalue weighted by molar-refractivity contribution is 5.59. The molecule has 0 aliphatic carbocycles. The van der Waals surface area contributed by atoms with E-state index < -0.39 is 5.82 Å². The van der Waals surface area contributed by atoms with Gasteiger partial charge in [0.15, 0.2) is 5.57 Å². The standard InChI is InChI=1S/C13H5FN4/c1-2-9-3-4-11(5-12(9)14)18-13(8-17)10(6-15)7-16/h1,3-5,18H. The van der Waals surface area contributed by atoms with E-state index in [0.29, 0.717) is 0 Å². The Morgan fingerprint density at radius 1 is 1.17 bits per heavy atom. The summed E-state index contributed by atoms with van der Waals surface area (Å²) in [7, 11) is 0. The number of benzene rings is 1. The molecule has 1 N–H and O–H groups in total. The molecule has 0 amide bonds. The summed E-state index contributed by atoms with van der Waals surface area (Å²) in [5, 5.41) is 28.5. The SMILES string of the molecule is C#Cc1ccc(NC(C#N)=C(C#N)C#N)cc1F. The first-order valence-electron chi connectivity index (χ1n) is 4.64. The number of anilines is 1. The van der Waals surface area contributed by atoms with Crippen LogP contribution < -0.4 is 5.32 Å². The second kappa shape index (κ2) is 5.71. The topological polar surface area (TPSA) is 83.4 Å². The smallest absolute Gasteiger partial charge is 0.163 e. The molecule has 0 spiro atoms. The lowest BCUT2D eigenvalue weighted by Crippen LogP contribution is -2.01. The lowest BCUT2D eigenvalue weighted by atomic mass is 10.2. The van der Waals surface area contributed by atoms with Crippen LogP contribution in [0, 0.1) is 52.2 Å². The summed E-state index contributed by atoms with van der Waals surface area (Å²) in [6.07, 6.45) is 5.06. The molecule has 0 aliphatic rings. The molecule has 0 aliphatic heterocycles. The van der Waals surface area contributed by atoms with Crippen molar-refractivity contribution in [1.29, 1.82) is 15.8 Å². The molecule has 0 heterocycles. The first-order chi connectivity index (χ1) is 8.65. The molecule has 0 aromatic heterocycles. The summed E-state index contributed by atoms with van der Waals surface area (Å²) in [6.45, 7) is 0. The van der Waals surface area contributed by atoms with Gasteiger partial charge < -0.3 is 5.32 Å². The zero-order chi connectivity index (χ0) is 13.5. The molecule has 0 fully saturated rings. The molecule has 84 valence electrons. The highest BCUT2D eigenvalue weighted by atomic mass is 19.1. The maximum atomic E-state index is 13.4. The zero-order valence-corrected chi connectivity index (χ0v) is 9.03. The largest absolute Gasteiger partial charge is 0.345 e. The molecular formula is C13H5FN4.